The number of sulfonamides is 1. The molecule has 4 nitrogen and oxygen atoms in total. The smallest absolute Gasteiger partial charge is 0.235 e. The highest BCUT2D eigenvalue weighted by Gasteiger charge is 2.40. The highest BCUT2D eigenvalue weighted by Crippen LogP contribution is 2.46. The van der Waals surface area contributed by atoms with Crippen molar-refractivity contribution in [2.75, 3.05) is 4.90 Å². The molecule has 5 rings (SSSR count). The van der Waals surface area contributed by atoms with Crippen molar-refractivity contribution >= 4 is 21.8 Å². The summed E-state index contributed by atoms with van der Waals surface area (Å²) in [6.45, 7) is 2.19. The lowest BCUT2D eigenvalue weighted by molar-refractivity contribution is 0.536. The lowest BCUT2D eigenvalue weighted by Gasteiger charge is -2.44. The van der Waals surface area contributed by atoms with Crippen LogP contribution in [0.25, 0.3) is 6.08 Å². The van der Waals surface area contributed by atoms with Crippen LogP contribution in [0.4, 0.5) is 5.69 Å². The summed E-state index contributed by atoms with van der Waals surface area (Å²) in [5.41, 5.74) is 5.16. The minimum atomic E-state index is -3.40. The minimum Gasteiger partial charge on any atom is -0.351 e. The third-order valence-corrected chi connectivity index (χ3v) is 8.21. The topological polar surface area (TPSA) is 49.4 Å². The summed E-state index contributed by atoms with van der Waals surface area (Å²) in [6, 6.07) is 28.8. The summed E-state index contributed by atoms with van der Waals surface area (Å²) in [4.78, 5) is 2.39. The lowest BCUT2D eigenvalue weighted by atomic mass is 9.90. The highest BCUT2D eigenvalue weighted by atomic mass is 32.2. The van der Waals surface area contributed by atoms with E-state index in [9.17, 15) is 8.42 Å². The van der Waals surface area contributed by atoms with Crippen LogP contribution in [0.3, 0.4) is 0 Å². The summed E-state index contributed by atoms with van der Waals surface area (Å²) in [6.07, 6.45) is 4.38. The van der Waals surface area contributed by atoms with Gasteiger partial charge in [0.1, 0.15) is 0 Å². The molecule has 3 aromatic rings. The second-order valence-corrected chi connectivity index (χ2v) is 10.5. The van der Waals surface area contributed by atoms with Crippen molar-refractivity contribution in [3.63, 3.8) is 0 Å². The molecule has 1 aliphatic carbocycles. The Labute approximate surface area is 190 Å². The van der Waals surface area contributed by atoms with Crippen LogP contribution in [0.2, 0.25) is 0 Å². The van der Waals surface area contributed by atoms with Gasteiger partial charge in [0.25, 0.3) is 0 Å². The van der Waals surface area contributed by atoms with Gasteiger partial charge in [-0.05, 0) is 48.1 Å². The first kappa shape index (κ1) is 20.8. The first-order chi connectivity index (χ1) is 15.6. The number of fused-ring (bicyclic) bond motifs is 1. The maximum Gasteiger partial charge on any atom is 0.235 e. The molecule has 1 heterocycles. The van der Waals surface area contributed by atoms with Crippen molar-refractivity contribution in [3.05, 3.63) is 107 Å². The number of hydrogen-bond acceptors (Lipinski definition) is 3. The predicted octanol–water partition coefficient (Wildman–Crippen LogP) is 5.82. The fourth-order valence-electron chi connectivity index (χ4n) is 4.68. The van der Waals surface area contributed by atoms with Gasteiger partial charge < -0.3 is 4.90 Å². The van der Waals surface area contributed by atoms with Gasteiger partial charge in [-0.2, -0.15) is 0 Å². The van der Waals surface area contributed by atoms with E-state index in [1.54, 1.807) is 0 Å². The largest absolute Gasteiger partial charge is 0.351 e. The fraction of sp³-hybridized carbons (Fsp3) is 0.259. The number of para-hydroxylation sites is 1. The van der Waals surface area contributed by atoms with Crippen LogP contribution in [0, 0.1) is 0 Å². The summed E-state index contributed by atoms with van der Waals surface area (Å²) in [7, 11) is -3.40. The number of rotatable bonds is 7. The molecule has 0 saturated heterocycles. The summed E-state index contributed by atoms with van der Waals surface area (Å²) >= 11 is 0. The van der Waals surface area contributed by atoms with Crippen molar-refractivity contribution in [3.8, 4) is 0 Å². The molecule has 2 aliphatic rings. The third kappa shape index (κ3) is 3.93. The Morgan fingerprint density at radius 3 is 2.19 bits per heavy atom. The second-order valence-electron chi connectivity index (χ2n) is 8.56. The van der Waals surface area contributed by atoms with Gasteiger partial charge in [0.2, 0.25) is 10.0 Å². The Bertz CT molecular complexity index is 1220. The molecule has 2 atom stereocenters. The monoisotopic (exact) mass is 444 g/mol. The van der Waals surface area contributed by atoms with E-state index in [2.05, 4.69) is 71.1 Å². The van der Waals surface area contributed by atoms with Gasteiger partial charge in [0, 0.05) is 5.69 Å². The van der Waals surface area contributed by atoms with Crippen molar-refractivity contribution in [2.45, 2.75) is 43.5 Å². The molecule has 0 spiro atoms. The van der Waals surface area contributed by atoms with Gasteiger partial charge in [-0.15, -0.1) is 0 Å². The SMILES string of the molecule is CC[C@@H](c1ccccc1)N1c2ccccc2C=C(NS(=O)(=O)C2CC2)C1c1ccccc1. The molecule has 0 aromatic heterocycles. The van der Waals surface area contributed by atoms with Crippen LogP contribution in [-0.2, 0) is 10.0 Å². The first-order valence-corrected chi connectivity index (χ1v) is 12.8. The lowest BCUT2D eigenvalue weighted by Crippen LogP contribution is -2.41. The molecule has 0 bridgehead atoms. The van der Waals surface area contributed by atoms with E-state index in [0.29, 0.717) is 0 Å². The van der Waals surface area contributed by atoms with Crippen molar-refractivity contribution < 1.29 is 8.42 Å². The van der Waals surface area contributed by atoms with E-state index >= 15 is 0 Å². The second kappa shape index (κ2) is 8.47. The van der Waals surface area contributed by atoms with Crippen molar-refractivity contribution in [2.24, 2.45) is 0 Å². The number of nitrogens with zero attached hydrogens (tertiary/aromatic N) is 1. The average Bonchev–Trinajstić information content (AvgIpc) is 3.67. The van der Waals surface area contributed by atoms with Crippen LogP contribution in [0.15, 0.2) is 90.6 Å². The van der Waals surface area contributed by atoms with Gasteiger partial charge >= 0.3 is 0 Å². The summed E-state index contributed by atoms with van der Waals surface area (Å²) in [5, 5.41) is -0.276. The van der Waals surface area contributed by atoms with E-state index in [0.717, 1.165) is 41.8 Å². The normalized spacial score (nSPS) is 19.1. The molecule has 5 heteroatoms. The Morgan fingerprint density at radius 2 is 1.53 bits per heavy atom. The molecule has 1 fully saturated rings. The number of nitrogens with one attached hydrogen (secondary N) is 1. The van der Waals surface area contributed by atoms with Gasteiger partial charge in [-0.3, -0.25) is 4.72 Å². The standard InChI is InChI=1S/C27H28N2O2S/c1-2-25(20-11-5-3-6-12-20)29-26-16-10-9-15-22(26)19-24(28-32(30,31)23-17-18-23)27(29)21-13-7-4-8-14-21/h3-16,19,23,25,27-28H,2,17-18H2,1H3/t25-,27?/m0/s1. The van der Waals surface area contributed by atoms with Crippen LogP contribution in [0.1, 0.15) is 55.0 Å². The van der Waals surface area contributed by atoms with Crippen molar-refractivity contribution in [1.82, 2.24) is 4.72 Å². The quantitative estimate of drug-likeness (QED) is 0.499. The number of anilines is 1. The summed E-state index contributed by atoms with van der Waals surface area (Å²) in [5.74, 6) is 0. The molecule has 1 aliphatic heterocycles. The molecule has 3 aromatic carbocycles. The zero-order chi connectivity index (χ0) is 22.1. The molecule has 1 N–H and O–H groups in total. The molecule has 164 valence electrons. The molecule has 32 heavy (non-hydrogen) atoms. The Hall–Kier alpha value is -3.05. The van der Waals surface area contributed by atoms with Crippen LogP contribution in [-0.4, -0.2) is 13.7 Å². The van der Waals surface area contributed by atoms with Crippen molar-refractivity contribution in [1.29, 1.82) is 0 Å². The first-order valence-electron chi connectivity index (χ1n) is 11.3. The molecule has 0 radical (unpaired) electrons. The number of hydrogen-bond donors (Lipinski definition) is 1. The van der Waals surface area contributed by atoms with Crippen LogP contribution < -0.4 is 9.62 Å². The van der Waals surface area contributed by atoms with E-state index in [1.165, 1.54) is 5.56 Å². The van der Waals surface area contributed by atoms with Crippen LogP contribution in [0.5, 0.6) is 0 Å². The zero-order valence-corrected chi connectivity index (χ0v) is 19.0. The van der Waals surface area contributed by atoms with Crippen LogP contribution >= 0.6 is 0 Å². The molecule has 1 unspecified atom stereocenters. The average molecular weight is 445 g/mol. The Kier molecular flexibility index (Phi) is 5.51. The zero-order valence-electron chi connectivity index (χ0n) is 18.2. The maximum atomic E-state index is 13.0. The maximum absolute atomic E-state index is 13.0. The predicted molar refractivity (Wildman–Crippen MR) is 131 cm³/mol. The summed E-state index contributed by atoms with van der Waals surface area (Å²) < 4.78 is 29.0. The third-order valence-electron chi connectivity index (χ3n) is 6.34. The van der Waals surface area contributed by atoms with Gasteiger partial charge in [-0.1, -0.05) is 85.8 Å². The van der Waals surface area contributed by atoms with E-state index < -0.39 is 10.0 Å². The van der Waals surface area contributed by atoms with Gasteiger partial charge in [0.05, 0.1) is 23.0 Å². The van der Waals surface area contributed by atoms with Gasteiger partial charge in [-0.25, -0.2) is 8.42 Å². The number of benzene rings is 3. The molecule has 1 saturated carbocycles. The molecular formula is C27H28N2O2S. The Balaban J connectivity index is 1.69. The Morgan fingerprint density at radius 1 is 0.906 bits per heavy atom. The molecular weight excluding hydrogens is 416 g/mol. The van der Waals surface area contributed by atoms with E-state index in [-0.39, 0.29) is 17.3 Å². The molecule has 0 amide bonds. The fourth-order valence-corrected chi connectivity index (χ4v) is 6.11. The van der Waals surface area contributed by atoms with Gasteiger partial charge in [0.15, 0.2) is 0 Å². The van der Waals surface area contributed by atoms with E-state index in [1.807, 2.05) is 36.4 Å². The minimum absolute atomic E-state index is 0.0942. The van der Waals surface area contributed by atoms with E-state index in [4.69, 9.17) is 0 Å². The highest BCUT2D eigenvalue weighted by molar-refractivity contribution is 7.90.